The van der Waals surface area contributed by atoms with Gasteiger partial charge in [0, 0.05) is 5.92 Å². The van der Waals surface area contributed by atoms with E-state index < -0.39 is 6.10 Å². The Hall–Kier alpha value is -0.890. The van der Waals surface area contributed by atoms with Crippen molar-refractivity contribution in [1.82, 2.24) is 0 Å². The van der Waals surface area contributed by atoms with Crippen LogP contribution in [-0.2, 0) is 0 Å². The summed E-state index contributed by atoms with van der Waals surface area (Å²) in [4.78, 5) is 0. The van der Waals surface area contributed by atoms with Crippen LogP contribution in [-0.4, -0.2) is 11.2 Å². The lowest BCUT2D eigenvalue weighted by molar-refractivity contribution is 0.169. The first-order valence-corrected chi connectivity index (χ1v) is 4.05. The van der Waals surface area contributed by atoms with Crippen LogP contribution in [0, 0.1) is 5.82 Å². The summed E-state index contributed by atoms with van der Waals surface area (Å²) < 4.78 is 12.5. The Kier molecular flexibility index (Phi) is 2.82. The molecule has 0 unspecified atom stereocenters. The molecule has 0 saturated heterocycles. The van der Waals surface area contributed by atoms with Gasteiger partial charge in [0.05, 0.1) is 6.10 Å². The van der Waals surface area contributed by atoms with Crippen LogP contribution in [0.3, 0.4) is 0 Å². The van der Waals surface area contributed by atoms with Crippen molar-refractivity contribution in [3.05, 3.63) is 35.6 Å². The van der Waals surface area contributed by atoms with Gasteiger partial charge in [-0.3, -0.25) is 0 Å². The molecule has 0 bridgehead atoms. The van der Waals surface area contributed by atoms with Crippen molar-refractivity contribution in [3.63, 3.8) is 0 Å². The monoisotopic (exact) mass is 168 g/mol. The molecular weight excluding hydrogens is 155 g/mol. The van der Waals surface area contributed by atoms with E-state index in [0.717, 1.165) is 5.56 Å². The molecule has 2 heteroatoms. The van der Waals surface area contributed by atoms with Crippen molar-refractivity contribution in [2.75, 3.05) is 0 Å². The molecule has 0 aliphatic rings. The summed E-state index contributed by atoms with van der Waals surface area (Å²) in [6.45, 7) is 3.64. The molecule has 0 radical (unpaired) electrons. The fraction of sp³-hybridized carbons (Fsp3) is 0.400. The predicted octanol–water partition coefficient (Wildman–Crippen LogP) is 2.31. The first-order valence-electron chi connectivity index (χ1n) is 4.05. The largest absolute Gasteiger partial charge is 0.393 e. The van der Waals surface area contributed by atoms with Crippen LogP contribution in [0.5, 0.6) is 0 Å². The van der Waals surface area contributed by atoms with E-state index in [-0.39, 0.29) is 11.7 Å². The van der Waals surface area contributed by atoms with Gasteiger partial charge in [0.1, 0.15) is 5.82 Å². The van der Waals surface area contributed by atoms with Gasteiger partial charge >= 0.3 is 0 Å². The number of hydrogen-bond donors (Lipinski definition) is 1. The highest BCUT2D eigenvalue weighted by molar-refractivity contribution is 5.20. The smallest absolute Gasteiger partial charge is 0.123 e. The minimum atomic E-state index is -0.393. The van der Waals surface area contributed by atoms with Crippen LogP contribution >= 0.6 is 0 Å². The van der Waals surface area contributed by atoms with Gasteiger partial charge in [-0.05, 0) is 24.6 Å². The van der Waals surface area contributed by atoms with E-state index in [2.05, 4.69) is 0 Å². The van der Waals surface area contributed by atoms with Crippen LogP contribution in [0.15, 0.2) is 24.3 Å². The van der Waals surface area contributed by atoms with Gasteiger partial charge in [-0.2, -0.15) is 0 Å². The van der Waals surface area contributed by atoms with Crippen LogP contribution in [0.1, 0.15) is 25.3 Å². The Morgan fingerprint density at radius 1 is 1.17 bits per heavy atom. The van der Waals surface area contributed by atoms with E-state index in [1.807, 2.05) is 6.92 Å². The zero-order valence-corrected chi connectivity index (χ0v) is 7.29. The van der Waals surface area contributed by atoms with Crippen molar-refractivity contribution in [1.29, 1.82) is 0 Å². The first-order chi connectivity index (χ1) is 5.61. The van der Waals surface area contributed by atoms with Gasteiger partial charge in [0.25, 0.3) is 0 Å². The summed E-state index contributed by atoms with van der Waals surface area (Å²) in [7, 11) is 0. The number of hydrogen-bond acceptors (Lipinski definition) is 1. The molecule has 12 heavy (non-hydrogen) atoms. The molecule has 66 valence electrons. The average Bonchev–Trinajstić information content (AvgIpc) is 2.04. The minimum absolute atomic E-state index is 0.0607. The second-order valence-corrected chi connectivity index (χ2v) is 3.08. The van der Waals surface area contributed by atoms with Crippen molar-refractivity contribution in [2.24, 2.45) is 0 Å². The van der Waals surface area contributed by atoms with Crippen molar-refractivity contribution >= 4 is 0 Å². The number of benzene rings is 1. The summed E-state index contributed by atoms with van der Waals surface area (Å²) in [6.07, 6.45) is -0.393. The minimum Gasteiger partial charge on any atom is -0.393 e. The third-order valence-corrected chi connectivity index (χ3v) is 2.12. The molecule has 0 fully saturated rings. The molecule has 0 aromatic heterocycles. The predicted molar refractivity (Wildman–Crippen MR) is 46.5 cm³/mol. The van der Waals surface area contributed by atoms with Gasteiger partial charge in [0.15, 0.2) is 0 Å². The Morgan fingerprint density at radius 3 is 2.08 bits per heavy atom. The Bertz CT molecular complexity index is 241. The summed E-state index contributed by atoms with van der Waals surface area (Å²) in [5.74, 6) is -0.179. The number of aliphatic hydroxyl groups is 1. The first kappa shape index (κ1) is 9.20. The van der Waals surface area contributed by atoms with Crippen LogP contribution in [0.2, 0.25) is 0 Å². The summed E-state index contributed by atoms with van der Waals surface area (Å²) >= 11 is 0. The summed E-state index contributed by atoms with van der Waals surface area (Å²) in [5.41, 5.74) is 0.964. The molecule has 1 aromatic carbocycles. The molecule has 0 aliphatic carbocycles. The Morgan fingerprint density at radius 2 is 1.67 bits per heavy atom. The normalized spacial score (nSPS) is 15.7. The Balaban J connectivity index is 2.82. The Labute approximate surface area is 71.9 Å². The van der Waals surface area contributed by atoms with E-state index in [4.69, 9.17) is 0 Å². The van der Waals surface area contributed by atoms with Crippen molar-refractivity contribution in [2.45, 2.75) is 25.9 Å². The maximum atomic E-state index is 12.5. The lowest BCUT2D eigenvalue weighted by Gasteiger charge is -2.14. The second-order valence-electron chi connectivity index (χ2n) is 3.08. The summed E-state index contributed by atoms with van der Waals surface area (Å²) in [5, 5.41) is 9.25. The van der Waals surface area contributed by atoms with Gasteiger partial charge in [-0.25, -0.2) is 4.39 Å². The van der Waals surface area contributed by atoms with E-state index in [1.54, 1.807) is 19.1 Å². The van der Waals surface area contributed by atoms with Gasteiger partial charge < -0.3 is 5.11 Å². The standard InChI is InChI=1S/C10H13FO/c1-7(8(2)12)9-3-5-10(11)6-4-9/h3-8,12H,1-2H3/t7-,8+/m1/s1. The average molecular weight is 168 g/mol. The van der Waals surface area contributed by atoms with Gasteiger partial charge in [-0.1, -0.05) is 19.1 Å². The second kappa shape index (κ2) is 3.68. The summed E-state index contributed by atoms with van der Waals surface area (Å²) in [6, 6.07) is 6.22. The molecule has 1 rings (SSSR count). The fourth-order valence-electron chi connectivity index (χ4n) is 1.04. The van der Waals surface area contributed by atoms with Crippen LogP contribution < -0.4 is 0 Å². The maximum absolute atomic E-state index is 12.5. The molecule has 2 atom stereocenters. The van der Waals surface area contributed by atoms with E-state index >= 15 is 0 Å². The van der Waals surface area contributed by atoms with Gasteiger partial charge in [0.2, 0.25) is 0 Å². The SMILES string of the molecule is C[C@H](O)[C@@H](C)c1ccc(F)cc1. The quantitative estimate of drug-likeness (QED) is 0.718. The third kappa shape index (κ3) is 2.05. The van der Waals surface area contributed by atoms with E-state index in [9.17, 15) is 9.50 Å². The molecule has 1 aromatic rings. The van der Waals surface area contributed by atoms with E-state index in [1.165, 1.54) is 12.1 Å². The molecule has 0 spiro atoms. The fourth-order valence-corrected chi connectivity index (χ4v) is 1.04. The number of halogens is 1. The van der Waals surface area contributed by atoms with Crippen molar-refractivity contribution in [3.8, 4) is 0 Å². The van der Waals surface area contributed by atoms with Crippen LogP contribution in [0.4, 0.5) is 4.39 Å². The zero-order valence-electron chi connectivity index (χ0n) is 7.29. The maximum Gasteiger partial charge on any atom is 0.123 e. The highest BCUT2D eigenvalue weighted by Gasteiger charge is 2.10. The highest BCUT2D eigenvalue weighted by Crippen LogP contribution is 2.18. The lowest BCUT2D eigenvalue weighted by atomic mass is 9.97. The van der Waals surface area contributed by atoms with Crippen LogP contribution in [0.25, 0.3) is 0 Å². The third-order valence-electron chi connectivity index (χ3n) is 2.12. The molecule has 0 heterocycles. The van der Waals surface area contributed by atoms with E-state index in [0.29, 0.717) is 0 Å². The lowest BCUT2D eigenvalue weighted by Crippen LogP contribution is -2.10. The molecule has 0 amide bonds. The molecule has 0 saturated carbocycles. The molecule has 1 nitrogen and oxygen atoms in total. The van der Waals surface area contributed by atoms with Gasteiger partial charge in [-0.15, -0.1) is 0 Å². The molecular formula is C10H13FO. The molecule has 0 aliphatic heterocycles. The topological polar surface area (TPSA) is 20.2 Å². The number of aliphatic hydroxyl groups excluding tert-OH is 1. The molecule has 1 N–H and O–H groups in total. The highest BCUT2D eigenvalue weighted by atomic mass is 19.1. The van der Waals surface area contributed by atoms with Crippen molar-refractivity contribution < 1.29 is 9.50 Å². The zero-order chi connectivity index (χ0) is 9.14. The number of rotatable bonds is 2.